The summed E-state index contributed by atoms with van der Waals surface area (Å²) in [5.74, 6) is 1.94. The monoisotopic (exact) mass is 266 g/mol. The second kappa shape index (κ2) is 7.25. The van der Waals surface area contributed by atoms with Crippen molar-refractivity contribution in [2.75, 3.05) is 6.54 Å². The van der Waals surface area contributed by atoms with Gasteiger partial charge in [0.2, 0.25) is 0 Å². The molecule has 0 unspecified atom stereocenters. The zero-order valence-corrected chi connectivity index (χ0v) is 12.6. The van der Waals surface area contributed by atoms with E-state index in [-0.39, 0.29) is 0 Å². The second-order valence-corrected chi connectivity index (χ2v) is 6.62. The molecule has 1 heterocycles. The van der Waals surface area contributed by atoms with Crippen LogP contribution in [0.2, 0.25) is 0 Å². The number of aryl methyl sites for hydroxylation is 1. The van der Waals surface area contributed by atoms with Crippen LogP contribution in [0, 0.1) is 11.8 Å². The predicted molar refractivity (Wildman–Crippen MR) is 78.9 cm³/mol. The molecule has 1 aliphatic rings. The summed E-state index contributed by atoms with van der Waals surface area (Å²) in [5.41, 5.74) is 1.22. The van der Waals surface area contributed by atoms with E-state index in [4.69, 9.17) is 0 Å². The summed E-state index contributed by atoms with van der Waals surface area (Å²) in [6, 6.07) is 0. The van der Waals surface area contributed by atoms with Gasteiger partial charge >= 0.3 is 0 Å². The van der Waals surface area contributed by atoms with E-state index in [0.29, 0.717) is 0 Å². The first-order valence-corrected chi connectivity index (χ1v) is 8.30. The van der Waals surface area contributed by atoms with Gasteiger partial charge in [0, 0.05) is 11.9 Å². The molecule has 1 N–H and O–H groups in total. The molecule has 2 nitrogen and oxygen atoms in total. The average Bonchev–Trinajstić information content (AvgIpc) is 2.85. The Morgan fingerprint density at radius 1 is 1.33 bits per heavy atom. The van der Waals surface area contributed by atoms with Crippen LogP contribution in [0.5, 0.6) is 0 Å². The Bertz CT molecular complexity index is 340. The van der Waals surface area contributed by atoms with Crippen LogP contribution in [0.15, 0.2) is 5.38 Å². The van der Waals surface area contributed by atoms with Gasteiger partial charge in [-0.1, -0.05) is 39.5 Å². The second-order valence-electron chi connectivity index (χ2n) is 5.68. The zero-order valence-electron chi connectivity index (χ0n) is 11.7. The van der Waals surface area contributed by atoms with Crippen LogP contribution in [0.25, 0.3) is 0 Å². The Morgan fingerprint density at radius 2 is 2.11 bits per heavy atom. The van der Waals surface area contributed by atoms with Gasteiger partial charge in [-0.25, -0.2) is 4.98 Å². The van der Waals surface area contributed by atoms with E-state index in [9.17, 15) is 0 Å². The van der Waals surface area contributed by atoms with E-state index < -0.39 is 0 Å². The molecule has 2 rings (SSSR count). The maximum Gasteiger partial charge on any atom is 0.0926 e. The fourth-order valence-corrected chi connectivity index (χ4v) is 3.48. The maximum atomic E-state index is 4.58. The van der Waals surface area contributed by atoms with E-state index in [0.717, 1.165) is 31.3 Å². The Balaban J connectivity index is 1.58. The van der Waals surface area contributed by atoms with Crippen molar-refractivity contribution < 1.29 is 0 Å². The van der Waals surface area contributed by atoms with Gasteiger partial charge in [-0.15, -0.1) is 11.3 Å². The van der Waals surface area contributed by atoms with Crippen LogP contribution in [-0.2, 0) is 13.0 Å². The number of aromatic nitrogens is 1. The molecule has 102 valence electrons. The lowest BCUT2D eigenvalue weighted by Crippen LogP contribution is -2.20. The van der Waals surface area contributed by atoms with Crippen LogP contribution < -0.4 is 5.32 Å². The van der Waals surface area contributed by atoms with Crippen LogP contribution in [0.3, 0.4) is 0 Å². The van der Waals surface area contributed by atoms with Crippen LogP contribution in [0.1, 0.15) is 56.7 Å². The Morgan fingerprint density at radius 3 is 2.78 bits per heavy atom. The first-order chi connectivity index (χ1) is 8.78. The van der Waals surface area contributed by atoms with Gasteiger partial charge in [0.05, 0.1) is 10.7 Å². The highest BCUT2D eigenvalue weighted by Crippen LogP contribution is 2.29. The molecule has 1 fully saturated rings. The molecule has 1 aliphatic carbocycles. The van der Waals surface area contributed by atoms with Crippen LogP contribution >= 0.6 is 11.3 Å². The van der Waals surface area contributed by atoms with Gasteiger partial charge in [-0.05, 0) is 31.2 Å². The molecule has 0 atom stereocenters. The zero-order chi connectivity index (χ0) is 12.8. The number of hydrogen-bond acceptors (Lipinski definition) is 3. The minimum Gasteiger partial charge on any atom is -0.311 e. The van der Waals surface area contributed by atoms with E-state index >= 15 is 0 Å². The highest BCUT2D eigenvalue weighted by Gasteiger charge is 2.17. The molecule has 0 aliphatic heterocycles. The summed E-state index contributed by atoms with van der Waals surface area (Å²) in [6.07, 6.45) is 8.18. The van der Waals surface area contributed by atoms with Gasteiger partial charge in [0.15, 0.2) is 0 Å². The van der Waals surface area contributed by atoms with E-state index in [1.54, 1.807) is 11.3 Å². The number of hydrogen-bond donors (Lipinski definition) is 1. The first-order valence-electron chi connectivity index (χ1n) is 7.42. The van der Waals surface area contributed by atoms with Crippen molar-refractivity contribution in [1.82, 2.24) is 10.3 Å². The summed E-state index contributed by atoms with van der Waals surface area (Å²) in [5, 5.41) is 6.99. The van der Waals surface area contributed by atoms with E-state index in [2.05, 4.69) is 29.5 Å². The smallest absolute Gasteiger partial charge is 0.0926 e. The van der Waals surface area contributed by atoms with Crippen molar-refractivity contribution in [3.8, 4) is 0 Å². The molecule has 3 heteroatoms. The number of thiazole rings is 1. The molecule has 0 amide bonds. The lowest BCUT2D eigenvalue weighted by Gasteiger charge is -2.26. The van der Waals surface area contributed by atoms with Gasteiger partial charge < -0.3 is 5.32 Å². The Kier molecular flexibility index (Phi) is 5.64. The third-order valence-corrected chi connectivity index (χ3v) is 5.11. The molecule has 0 radical (unpaired) electrons. The number of nitrogens with one attached hydrogen (secondary N) is 1. The first kappa shape index (κ1) is 14.0. The number of nitrogens with zero attached hydrogens (tertiary/aromatic N) is 1. The van der Waals surface area contributed by atoms with E-state index in [1.165, 1.54) is 42.8 Å². The van der Waals surface area contributed by atoms with Crippen LogP contribution in [0.4, 0.5) is 0 Å². The summed E-state index contributed by atoms with van der Waals surface area (Å²) in [4.78, 5) is 4.58. The number of rotatable bonds is 6. The lowest BCUT2D eigenvalue weighted by atomic mass is 9.81. The quantitative estimate of drug-likeness (QED) is 0.787. The molecule has 0 aromatic carbocycles. The fraction of sp³-hybridized carbons (Fsp3) is 0.800. The fourth-order valence-electron chi connectivity index (χ4n) is 2.73. The molecule has 18 heavy (non-hydrogen) atoms. The highest BCUT2D eigenvalue weighted by molar-refractivity contribution is 7.09. The van der Waals surface area contributed by atoms with Gasteiger partial charge in [0.25, 0.3) is 0 Å². The minimum atomic E-state index is 0.944. The highest BCUT2D eigenvalue weighted by atomic mass is 32.1. The van der Waals surface area contributed by atoms with Crippen molar-refractivity contribution in [2.24, 2.45) is 11.8 Å². The molecule has 1 aromatic rings. The van der Waals surface area contributed by atoms with E-state index in [1.807, 2.05) is 0 Å². The van der Waals surface area contributed by atoms with Crippen LogP contribution in [-0.4, -0.2) is 11.5 Å². The van der Waals surface area contributed by atoms with Gasteiger partial charge in [0.1, 0.15) is 0 Å². The standard InChI is InChI=1S/C15H26N2S/c1-3-15-17-14(11-18-15)10-16-9-8-13-6-4-12(2)5-7-13/h11-13,16H,3-10H2,1-2H3. The van der Waals surface area contributed by atoms with Crippen molar-refractivity contribution in [3.63, 3.8) is 0 Å². The third-order valence-electron chi connectivity index (χ3n) is 4.07. The Labute approximate surface area is 115 Å². The van der Waals surface area contributed by atoms with Gasteiger partial charge in [-0.2, -0.15) is 0 Å². The largest absolute Gasteiger partial charge is 0.311 e. The molecule has 0 bridgehead atoms. The SMILES string of the molecule is CCc1nc(CNCCC2CCC(C)CC2)cs1. The van der Waals surface area contributed by atoms with Crippen molar-refractivity contribution in [2.45, 2.75) is 58.9 Å². The van der Waals surface area contributed by atoms with Gasteiger partial charge in [-0.3, -0.25) is 0 Å². The minimum absolute atomic E-state index is 0.944. The topological polar surface area (TPSA) is 24.9 Å². The molecular formula is C15H26N2S. The molecule has 0 saturated heterocycles. The van der Waals surface area contributed by atoms with Crippen molar-refractivity contribution in [3.05, 3.63) is 16.1 Å². The summed E-state index contributed by atoms with van der Waals surface area (Å²) >= 11 is 1.78. The normalized spacial score (nSPS) is 24.3. The average molecular weight is 266 g/mol. The molecule has 0 spiro atoms. The maximum absolute atomic E-state index is 4.58. The summed E-state index contributed by atoms with van der Waals surface area (Å²) in [7, 11) is 0. The lowest BCUT2D eigenvalue weighted by molar-refractivity contribution is 0.275. The molecule has 1 saturated carbocycles. The third kappa shape index (κ3) is 4.36. The molecule has 1 aromatic heterocycles. The summed E-state index contributed by atoms with van der Waals surface area (Å²) in [6.45, 7) is 6.65. The van der Waals surface area contributed by atoms with Crippen molar-refractivity contribution >= 4 is 11.3 Å². The summed E-state index contributed by atoms with van der Waals surface area (Å²) < 4.78 is 0. The van der Waals surface area contributed by atoms with Crippen molar-refractivity contribution in [1.29, 1.82) is 0 Å². The molecular weight excluding hydrogens is 240 g/mol. The Hall–Kier alpha value is -0.410. The predicted octanol–water partition coefficient (Wildman–Crippen LogP) is 4.01.